The number of methoxy groups -OCH3 is 3. The third kappa shape index (κ3) is 10.5. The number of hydrogen-bond donors (Lipinski definition) is 0. The molecule has 0 unspecified atom stereocenters. The first-order chi connectivity index (χ1) is 29.5. The number of allylic oxidation sites excluding steroid dienone is 2. The molecule has 0 N–H and O–H groups in total. The summed E-state index contributed by atoms with van der Waals surface area (Å²) in [6.45, 7) is 9.92. The van der Waals surface area contributed by atoms with Gasteiger partial charge in [-0.25, -0.2) is 0 Å². The standard InChI is InChI=1S/C51H58NO8.BrH/c1-6-16-35-18-21-45(54-3)40(28-35)36-19-22-44(38(29-36)17-7-2)57-26-14-12-10-8-9-11-13-15-27-58-49(53)32-42-39-20-23-46(55-4)51(56-5)43(39)33-52-25-24-37-30-47-48(60-34-59-47)31-41(37)50(42)52;/h6-7,18-23,28-31,33H,1-2,8-17,24-27,32,34H2,3-5H3;1H/q+1;/p-1. The van der Waals surface area contributed by atoms with E-state index in [1.807, 2.05) is 36.4 Å². The van der Waals surface area contributed by atoms with Gasteiger partial charge in [-0.15, -0.1) is 13.2 Å². The molecule has 0 aliphatic carbocycles. The van der Waals surface area contributed by atoms with E-state index in [2.05, 4.69) is 60.3 Å². The van der Waals surface area contributed by atoms with Crippen LogP contribution in [0.1, 0.15) is 73.6 Å². The van der Waals surface area contributed by atoms with Crippen molar-refractivity contribution in [3.63, 3.8) is 0 Å². The van der Waals surface area contributed by atoms with Gasteiger partial charge in [-0.1, -0.05) is 62.8 Å². The lowest BCUT2D eigenvalue weighted by Crippen LogP contribution is -3.00. The van der Waals surface area contributed by atoms with Gasteiger partial charge in [0.2, 0.25) is 12.5 Å². The van der Waals surface area contributed by atoms with Crippen LogP contribution in [0.2, 0.25) is 0 Å². The molecule has 7 rings (SSSR count). The van der Waals surface area contributed by atoms with Crippen LogP contribution < -0.4 is 50.0 Å². The number of carbonyl (C=O) groups is 1. The van der Waals surface area contributed by atoms with E-state index in [-0.39, 0.29) is 36.2 Å². The summed E-state index contributed by atoms with van der Waals surface area (Å²) in [5.74, 6) is 4.30. The molecule has 0 amide bonds. The van der Waals surface area contributed by atoms with Crippen LogP contribution in [0, 0.1) is 0 Å². The van der Waals surface area contributed by atoms with Gasteiger partial charge in [-0.2, -0.15) is 4.57 Å². The maximum absolute atomic E-state index is 13.5. The molecule has 3 heterocycles. The van der Waals surface area contributed by atoms with Crippen molar-refractivity contribution in [2.24, 2.45) is 0 Å². The quantitative estimate of drug-likeness (QED) is 0.0306. The molecule has 5 aromatic rings. The molecule has 2 aliphatic rings. The predicted octanol–water partition coefficient (Wildman–Crippen LogP) is 7.52. The van der Waals surface area contributed by atoms with Crippen LogP contribution in [0.15, 0.2) is 92.2 Å². The van der Waals surface area contributed by atoms with Crippen LogP contribution in [-0.4, -0.2) is 47.3 Å². The zero-order valence-corrected chi connectivity index (χ0v) is 37.4. The SMILES string of the molecule is C=CCc1ccc(OC)c(-c2ccc(OCCCCCCCCCCOC(=O)Cc3c4[n+](cc5c(OC)c(OC)ccc35)CCc3cc5c(cc3-4)OCO5)c(CC=C)c2)c1.[Br-]. The van der Waals surface area contributed by atoms with E-state index in [0.29, 0.717) is 24.7 Å². The highest BCUT2D eigenvalue weighted by molar-refractivity contribution is 5.97. The summed E-state index contributed by atoms with van der Waals surface area (Å²) in [6.07, 6.45) is 17.1. The first kappa shape index (κ1) is 45.1. The molecule has 0 atom stereocenters. The minimum atomic E-state index is -0.239. The third-order valence-electron chi connectivity index (χ3n) is 11.5. The Kier molecular flexibility index (Phi) is 16.1. The molecule has 0 saturated heterocycles. The van der Waals surface area contributed by atoms with Gasteiger partial charge in [0.1, 0.15) is 11.5 Å². The maximum atomic E-state index is 13.5. The van der Waals surface area contributed by atoms with Crippen LogP contribution in [0.3, 0.4) is 0 Å². The monoisotopic (exact) mass is 891 g/mol. The molecule has 2 aliphatic heterocycles. The fraction of sp³-hybridized carbons (Fsp3) is 0.373. The Morgan fingerprint density at radius 3 is 2.13 bits per heavy atom. The highest BCUT2D eigenvalue weighted by Crippen LogP contribution is 2.44. The molecule has 9 nitrogen and oxygen atoms in total. The number of hydrogen-bond acceptors (Lipinski definition) is 8. The largest absolute Gasteiger partial charge is 1.00 e. The van der Waals surface area contributed by atoms with Crippen molar-refractivity contribution in [1.29, 1.82) is 0 Å². The second kappa shape index (κ2) is 21.9. The summed E-state index contributed by atoms with van der Waals surface area (Å²) in [7, 11) is 4.99. The number of unbranched alkanes of at least 4 members (excludes halogenated alkanes) is 7. The topological polar surface area (TPSA) is 85.6 Å². The van der Waals surface area contributed by atoms with Crippen molar-refractivity contribution in [2.45, 2.75) is 83.6 Å². The fourth-order valence-electron chi connectivity index (χ4n) is 8.49. The van der Waals surface area contributed by atoms with Gasteiger partial charge in [0, 0.05) is 22.9 Å². The number of aryl methyl sites for hydroxylation is 2. The third-order valence-corrected chi connectivity index (χ3v) is 11.5. The number of benzene rings is 4. The van der Waals surface area contributed by atoms with E-state index in [9.17, 15) is 4.79 Å². The molecule has 0 bridgehead atoms. The van der Waals surface area contributed by atoms with Crippen molar-refractivity contribution in [3.8, 4) is 56.9 Å². The Morgan fingerprint density at radius 2 is 1.41 bits per heavy atom. The number of halogens is 1. The lowest BCUT2D eigenvalue weighted by atomic mass is 9.90. The molecule has 4 aromatic carbocycles. The summed E-state index contributed by atoms with van der Waals surface area (Å²) in [6, 6.07) is 20.7. The average Bonchev–Trinajstić information content (AvgIpc) is 3.73. The molecule has 0 spiro atoms. The van der Waals surface area contributed by atoms with Crippen molar-refractivity contribution in [3.05, 3.63) is 114 Å². The number of rotatable bonds is 22. The van der Waals surface area contributed by atoms with Gasteiger partial charge >= 0.3 is 5.97 Å². The van der Waals surface area contributed by atoms with Crippen LogP contribution in [0.4, 0.5) is 0 Å². The Bertz CT molecular complexity index is 2340. The minimum Gasteiger partial charge on any atom is -1.00 e. The number of carbonyl (C=O) groups excluding carboxylic acids is 1. The van der Waals surface area contributed by atoms with Crippen LogP contribution in [-0.2, 0) is 41.8 Å². The first-order valence-corrected chi connectivity index (χ1v) is 21.3. The van der Waals surface area contributed by atoms with Crippen molar-refractivity contribution >= 4 is 16.7 Å². The van der Waals surface area contributed by atoms with Crippen molar-refractivity contribution < 1.29 is 59.5 Å². The lowest BCUT2D eigenvalue weighted by molar-refractivity contribution is -0.686. The van der Waals surface area contributed by atoms with Gasteiger partial charge in [0.25, 0.3) is 0 Å². The van der Waals surface area contributed by atoms with E-state index in [1.54, 1.807) is 21.3 Å². The van der Waals surface area contributed by atoms with E-state index >= 15 is 0 Å². The Hall–Kier alpha value is -5.48. The van der Waals surface area contributed by atoms with Gasteiger partial charge in [-0.3, -0.25) is 4.79 Å². The zero-order chi connectivity index (χ0) is 41.8. The second-order valence-corrected chi connectivity index (χ2v) is 15.4. The highest BCUT2D eigenvalue weighted by Gasteiger charge is 2.33. The predicted molar refractivity (Wildman–Crippen MR) is 236 cm³/mol. The molecular weight excluding hydrogens is 834 g/mol. The smallest absolute Gasteiger partial charge is 0.310 e. The molecule has 0 fully saturated rings. The van der Waals surface area contributed by atoms with E-state index < -0.39 is 0 Å². The van der Waals surface area contributed by atoms with Crippen molar-refractivity contribution in [2.75, 3.05) is 41.3 Å². The number of fused-ring (bicyclic) bond motifs is 5. The number of nitrogens with zero attached hydrogens (tertiary/aromatic N) is 1. The second-order valence-electron chi connectivity index (χ2n) is 15.4. The number of pyridine rings is 1. The Labute approximate surface area is 371 Å². The van der Waals surface area contributed by atoms with E-state index in [0.717, 1.165) is 125 Å². The zero-order valence-electron chi connectivity index (χ0n) is 35.8. The first-order valence-electron chi connectivity index (χ1n) is 21.3. The summed E-state index contributed by atoms with van der Waals surface area (Å²) in [5, 5.41) is 1.83. The summed E-state index contributed by atoms with van der Waals surface area (Å²) in [4.78, 5) is 13.5. The van der Waals surface area contributed by atoms with Gasteiger partial charge in [0.15, 0.2) is 35.7 Å². The highest BCUT2D eigenvalue weighted by atomic mass is 79.9. The molecule has 61 heavy (non-hydrogen) atoms. The molecule has 1 aromatic heterocycles. The van der Waals surface area contributed by atoms with Crippen LogP contribution in [0.5, 0.6) is 34.5 Å². The lowest BCUT2D eigenvalue weighted by Gasteiger charge is -2.20. The number of esters is 1. The Morgan fingerprint density at radius 1 is 0.721 bits per heavy atom. The van der Waals surface area contributed by atoms with Gasteiger partial charge in [-0.05, 0) is 96.5 Å². The maximum Gasteiger partial charge on any atom is 0.310 e. The van der Waals surface area contributed by atoms with Crippen molar-refractivity contribution in [1.82, 2.24) is 0 Å². The molecule has 10 heteroatoms. The van der Waals surface area contributed by atoms with Crippen LogP contribution >= 0.6 is 0 Å². The number of ether oxygens (including phenoxy) is 7. The molecule has 0 radical (unpaired) electrons. The Balaban J connectivity index is 0.00000622. The normalized spacial score (nSPS) is 12.2. The summed E-state index contributed by atoms with van der Waals surface area (Å²) >= 11 is 0. The van der Waals surface area contributed by atoms with Crippen LogP contribution in [0.25, 0.3) is 33.2 Å². The van der Waals surface area contributed by atoms with E-state index in [1.165, 1.54) is 30.4 Å². The molecular formula is C51H58BrNO8. The molecule has 322 valence electrons. The number of aromatic nitrogens is 1. The molecule has 0 saturated carbocycles. The fourth-order valence-corrected chi connectivity index (χ4v) is 8.49. The average molecular weight is 893 g/mol. The van der Waals surface area contributed by atoms with E-state index in [4.69, 9.17) is 33.2 Å². The van der Waals surface area contributed by atoms with Gasteiger partial charge < -0.3 is 50.1 Å². The summed E-state index contributed by atoms with van der Waals surface area (Å²) < 4.78 is 42.9. The van der Waals surface area contributed by atoms with Gasteiger partial charge in [0.05, 0.1) is 51.9 Å². The summed E-state index contributed by atoms with van der Waals surface area (Å²) in [5.41, 5.74) is 8.60. The minimum absolute atomic E-state index is 0.